The molecule has 0 atom stereocenters. The third kappa shape index (κ3) is 4.70. The van der Waals surface area contributed by atoms with Gasteiger partial charge in [0.2, 0.25) is 10.0 Å². The highest BCUT2D eigenvalue weighted by atomic mass is 32.2. The molecular formula is C18H17N3O4S2. The summed E-state index contributed by atoms with van der Waals surface area (Å²) in [6, 6.07) is 11.4. The molecule has 3 aromatic rings. The molecule has 0 unspecified atom stereocenters. The first-order valence-electron chi connectivity index (χ1n) is 7.91. The van der Waals surface area contributed by atoms with Crippen LogP contribution in [0.5, 0.6) is 0 Å². The first-order chi connectivity index (χ1) is 13.0. The highest BCUT2D eigenvalue weighted by Crippen LogP contribution is 2.24. The summed E-state index contributed by atoms with van der Waals surface area (Å²) in [5.41, 5.74) is 2.92. The minimum Gasteiger partial charge on any atom is -0.453 e. The largest absolute Gasteiger partial charge is 0.453 e. The van der Waals surface area contributed by atoms with Crippen molar-refractivity contribution in [3.8, 4) is 11.3 Å². The lowest BCUT2D eigenvalue weighted by Gasteiger charge is -2.10. The lowest BCUT2D eigenvalue weighted by molar-refractivity contribution is 0.187. The van der Waals surface area contributed by atoms with Crippen molar-refractivity contribution in [1.82, 2.24) is 9.71 Å². The molecule has 140 valence electrons. The molecule has 1 amide bonds. The Kier molecular flexibility index (Phi) is 5.84. The number of anilines is 1. The van der Waals surface area contributed by atoms with Crippen LogP contribution in [0.3, 0.4) is 0 Å². The van der Waals surface area contributed by atoms with Gasteiger partial charge in [-0.25, -0.2) is 17.9 Å². The van der Waals surface area contributed by atoms with E-state index in [0.29, 0.717) is 5.69 Å². The molecule has 3 rings (SSSR count). The molecule has 1 aromatic carbocycles. The summed E-state index contributed by atoms with van der Waals surface area (Å²) in [7, 11) is -2.46. The van der Waals surface area contributed by atoms with Crippen LogP contribution in [0.15, 0.2) is 64.3 Å². The number of carbonyl (C=O) groups is 1. The molecular weight excluding hydrogens is 386 g/mol. The van der Waals surface area contributed by atoms with Gasteiger partial charge in [-0.1, -0.05) is 6.07 Å². The van der Waals surface area contributed by atoms with Crippen molar-refractivity contribution in [2.75, 3.05) is 12.4 Å². The molecule has 0 fully saturated rings. The number of methoxy groups -OCH3 is 1. The third-order valence-electron chi connectivity index (χ3n) is 3.73. The van der Waals surface area contributed by atoms with Crippen molar-refractivity contribution < 1.29 is 17.9 Å². The zero-order valence-electron chi connectivity index (χ0n) is 14.4. The summed E-state index contributed by atoms with van der Waals surface area (Å²) >= 11 is 1.55. The van der Waals surface area contributed by atoms with Gasteiger partial charge in [-0.05, 0) is 47.3 Å². The zero-order valence-corrected chi connectivity index (χ0v) is 16.0. The van der Waals surface area contributed by atoms with E-state index in [4.69, 9.17) is 0 Å². The Hall–Kier alpha value is -2.75. The molecule has 2 N–H and O–H groups in total. The molecule has 0 radical (unpaired) electrons. The number of aromatic nitrogens is 1. The number of amides is 1. The van der Waals surface area contributed by atoms with E-state index in [1.807, 2.05) is 22.9 Å². The van der Waals surface area contributed by atoms with Crippen molar-refractivity contribution in [3.05, 3.63) is 65.0 Å². The lowest BCUT2D eigenvalue weighted by atomic mass is 10.1. The van der Waals surface area contributed by atoms with Gasteiger partial charge in [-0.3, -0.25) is 10.3 Å². The first kappa shape index (κ1) is 19.0. The van der Waals surface area contributed by atoms with Crippen LogP contribution in [0.1, 0.15) is 5.56 Å². The van der Waals surface area contributed by atoms with E-state index in [9.17, 15) is 13.2 Å². The zero-order chi connectivity index (χ0) is 19.3. The van der Waals surface area contributed by atoms with Gasteiger partial charge in [0.25, 0.3) is 0 Å². The fraction of sp³-hybridized carbons (Fsp3) is 0.111. The van der Waals surface area contributed by atoms with E-state index < -0.39 is 16.1 Å². The topological polar surface area (TPSA) is 97.4 Å². The normalized spacial score (nSPS) is 11.1. The second-order valence-corrected chi connectivity index (χ2v) is 8.04. The molecule has 0 saturated heterocycles. The Morgan fingerprint density at radius 3 is 2.63 bits per heavy atom. The molecule has 0 spiro atoms. The molecule has 0 aliphatic rings. The molecule has 2 aromatic heterocycles. The van der Waals surface area contributed by atoms with Crippen molar-refractivity contribution >= 4 is 33.1 Å². The fourth-order valence-corrected chi connectivity index (χ4v) is 4.03. The lowest BCUT2D eigenvalue weighted by Crippen LogP contribution is -2.23. The van der Waals surface area contributed by atoms with Crippen LogP contribution in [0, 0.1) is 0 Å². The quantitative estimate of drug-likeness (QED) is 0.657. The van der Waals surface area contributed by atoms with E-state index >= 15 is 0 Å². The van der Waals surface area contributed by atoms with Crippen molar-refractivity contribution in [2.24, 2.45) is 0 Å². The Bertz CT molecular complexity index is 1020. The fourth-order valence-electron chi connectivity index (χ4n) is 2.38. The summed E-state index contributed by atoms with van der Waals surface area (Å²) in [5.74, 6) is 0. The van der Waals surface area contributed by atoms with E-state index in [0.717, 1.165) is 16.8 Å². The number of benzene rings is 1. The summed E-state index contributed by atoms with van der Waals surface area (Å²) in [6.45, 7) is 0.115. The SMILES string of the molecule is COC(=O)Nc1ccc(S(=O)(=O)NCc2cccnc2-c2ccsc2)cc1. The molecule has 0 aliphatic heterocycles. The van der Waals surface area contributed by atoms with Crippen LogP contribution in [0.4, 0.5) is 10.5 Å². The number of nitrogens with zero attached hydrogens (tertiary/aromatic N) is 1. The Balaban J connectivity index is 1.74. The van der Waals surface area contributed by atoms with Gasteiger partial charge in [-0.2, -0.15) is 11.3 Å². The molecule has 0 aliphatic carbocycles. The predicted molar refractivity (Wildman–Crippen MR) is 104 cm³/mol. The smallest absolute Gasteiger partial charge is 0.411 e. The van der Waals surface area contributed by atoms with E-state index in [-0.39, 0.29) is 11.4 Å². The Morgan fingerprint density at radius 1 is 1.19 bits per heavy atom. The number of hydrogen-bond donors (Lipinski definition) is 2. The Morgan fingerprint density at radius 2 is 1.96 bits per heavy atom. The molecule has 7 nitrogen and oxygen atoms in total. The van der Waals surface area contributed by atoms with E-state index in [1.54, 1.807) is 23.6 Å². The van der Waals surface area contributed by atoms with E-state index in [1.165, 1.54) is 31.4 Å². The number of sulfonamides is 1. The molecule has 0 bridgehead atoms. The monoisotopic (exact) mass is 403 g/mol. The minimum absolute atomic E-state index is 0.0962. The average molecular weight is 403 g/mol. The molecule has 9 heteroatoms. The number of hydrogen-bond acceptors (Lipinski definition) is 6. The summed E-state index contributed by atoms with van der Waals surface area (Å²) in [5, 5.41) is 6.38. The summed E-state index contributed by atoms with van der Waals surface area (Å²) in [4.78, 5) is 15.6. The van der Waals surface area contributed by atoms with Crippen LogP contribution in [-0.4, -0.2) is 26.6 Å². The van der Waals surface area contributed by atoms with Gasteiger partial charge in [0.1, 0.15) is 0 Å². The molecule has 2 heterocycles. The van der Waals surface area contributed by atoms with Gasteiger partial charge in [0.15, 0.2) is 0 Å². The van der Waals surface area contributed by atoms with Gasteiger partial charge in [0, 0.05) is 29.4 Å². The average Bonchev–Trinajstić information content (AvgIpc) is 3.21. The summed E-state index contributed by atoms with van der Waals surface area (Å²) in [6.07, 6.45) is 1.05. The predicted octanol–water partition coefficient (Wildman–Crippen LogP) is 3.47. The maximum Gasteiger partial charge on any atom is 0.411 e. The van der Waals surface area contributed by atoms with Crippen LogP contribution in [-0.2, 0) is 21.3 Å². The second kappa shape index (κ2) is 8.30. The summed E-state index contributed by atoms with van der Waals surface area (Å²) < 4.78 is 32.2. The number of ether oxygens (including phenoxy) is 1. The first-order valence-corrected chi connectivity index (χ1v) is 10.3. The number of pyridine rings is 1. The van der Waals surface area contributed by atoms with Gasteiger partial charge < -0.3 is 4.74 Å². The minimum atomic E-state index is -3.71. The number of nitrogens with one attached hydrogen (secondary N) is 2. The number of rotatable bonds is 6. The highest BCUT2D eigenvalue weighted by Gasteiger charge is 2.16. The second-order valence-electron chi connectivity index (χ2n) is 5.49. The Labute approximate surface area is 161 Å². The van der Waals surface area contributed by atoms with Crippen LogP contribution in [0.25, 0.3) is 11.3 Å². The number of carbonyl (C=O) groups excluding carboxylic acids is 1. The van der Waals surface area contributed by atoms with Crippen molar-refractivity contribution in [2.45, 2.75) is 11.4 Å². The third-order valence-corrected chi connectivity index (χ3v) is 5.84. The van der Waals surface area contributed by atoms with Gasteiger partial charge in [-0.15, -0.1) is 0 Å². The maximum atomic E-state index is 12.6. The maximum absolute atomic E-state index is 12.6. The molecule has 27 heavy (non-hydrogen) atoms. The van der Waals surface area contributed by atoms with Crippen LogP contribution < -0.4 is 10.0 Å². The van der Waals surface area contributed by atoms with Crippen LogP contribution >= 0.6 is 11.3 Å². The standard InChI is InChI=1S/C18H17N3O4S2/c1-25-18(22)21-15-4-6-16(7-5-15)27(23,24)20-11-13-3-2-9-19-17(13)14-8-10-26-12-14/h2-10,12,20H,11H2,1H3,(H,21,22). The highest BCUT2D eigenvalue weighted by molar-refractivity contribution is 7.89. The van der Waals surface area contributed by atoms with E-state index in [2.05, 4.69) is 19.8 Å². The van der Waals surface area contributed by atoms with Crippen molar-refractivity contribution in [3.63, 3.8) is 0 Å². The molecule has 0 saturated carbocycles. The van der Waals surface area contributed by atoms with Gasteiger partial charge >= 0.3 is 6.09 Å². The van der Waals surface area contributed by atoms with Crippen molar-refractivity contribution in [1.29, 1.82) is 0 Å². The number of thiophene rings is 1. The van der Waals surface area contributed by atoms with Gasteiger partial charge in [0.05, 0.1) is 17.7 Å². The van der Waals surface area contributed by atoms with Crippen LogP contribution in [0.2, 0.25) is 0 Å².